The molecule has 0 fully saturated rings. The molecular formula is C17H12F2N2O3. The zero-order valence-electron chi connectivity index (χ0n) is 12.3. The first kappa shape index (κ1) is 15.7. The molecule has 2 aromatic carbocycles. The first-order valence-electron chi connectivity index (χ1n) is 7.02. The van der Waals surface area contributed by atoms with Crippen LogP contribution in [-0.2, 0) is 16.1 Å². The number of imide groups is 1. The van der Waals surface area contributed by atoms with E-state index in [4.69, 9.17) is 5.11 Å². The molecule has 1 aliphatic rings. The molecule has 0 saturated carbocycles. The van der Waals surface area contributed by atoms with Crippen LogP contribution >= 0.6 is 0 Å². The summed E-state index contributed by atoms with van der Waals surface area (Å²) in [4.78, 5) is 25.3. The molecule has 5 nitrogen and oxygen atoms in total. The van der Waals surface area contributed by atoms with Gasteiger partial charge in [0.15, 0.2) is 17.4 Å². The minimum atomic E-state index is -1.17. The van der Waals surface area contributed by atoms with E-state index in [0.717, 1.165) is 28.7 Å². The van der Waals surface area contributed by atoms with E-state index in [1.807, 2.05) is 6.07 Å². The minimum absolute atomic E-state index is 0.0863. The van der Waals surface area contributed by atoms with E-state index in [2.05, 4.69) is 5.32 Å². The Bertz CT molecular complexity index is 827. The molecule has 2 N–H and O–H groups in total. The van der Waals surface area contributed by atoms with Gasteiger partial charge in [-0.1, -0.05) is 30.3 Å². The second kappa shape index (κ2) is 6.11. The number of nitrogens with zero attached hydrogens (tertiary/aromatic N) is 1. The number of rotatable bonds is 4. The molecule has 24 heavy (non-hydrogen) atoms. The molecule has 0 radical (unpaired) electrons. The van der Waals surface area contributed by atoms with Gasteiger partial charge in [0.1, 0.15) is 5.70 Å². The SMILES string of the molecule is O=C1C=C(Nc2cc(F)c(O)c(F)c2)C(=O)N1Cc1ccccc1. The van der Waals surface area contributed by atoms with Gasteiger partial charge in [0, 0.05) is 23.9 Å². The number of hydrogen-bond donors (Lipinski definition) is 2. The topological polar surface area (TPSA) is 69.6 Å². The van der Waals surface area contributed by atoms with E-state index in [9.17, 15) is 18.4 Å². The maximum Gasteiger partial charge on any atom is 0.277 e. The molecule has 1 heterocycles. The summed E-state index contributed by atoms with van der Waals surface area (Å²) in [5, 5.41) is 11.6. The van der Waals surface area contributed by atoms with Gasteiger partial charge in [-0.15, -0.1) is 0 Å². The third-order valence-electron chi connectivity index (χ3n) is 3.49. The average Bonchev–Trinajstić information content (AvgIpc) is 2.81. The molecule has 0 aromatic heterocycles. The van der Waals surface area contributed by atoms with Gasteiger partial charge in [0.05, 0.1) is 6.54 Å². The van der Waals surface area contributed by atoms with Crippen LogP contribution in [0, 0.1) is 11.6 Å². The van der Waals surface area contributed by atoms with Gasteiger partial charge in [-0.2, -0.15) is 0 Å². The lowest BCUT2D eigenvalue weighted by atomic mass is 10.2. The summed E-state index contributed by atoms with van der Waals surface area (Å²) in [6, 6.07) is 10.6. The zero-order chi connectivity index (χ0) is 17.3. The van der Waals surface area contributed by atoms with Crippen molar-refractivity contribution < 1.29 is 23.5 Å². The van der Waals surface area contributed by atoms with Gasteiger partial charge >= 0.3 is 0 Å². The molecule has 0 bridgehead atoms. The number of carbonyl (C=O) groups excluding carboxylic acids is 2. The number of nitrogens with one attached hydrogen (secondary N) is 1. The van der Waals surface area contributed by atoms with Crippen LogP contribution in [0.2, 0.25) is 0 Å². The number of amides is 2. The average molecular weight is 330 g/mol. The number of phenolic OH excluding ortho intramolecular Hbond substituents is 1. The number of halogens is 2. The summed E-state index contributed by atoms with van der Waals surface area (Å²) >= 11 is 0. The molecule has 0 saturated heterocycles. The monoisotopic (exact) mass is 330 g/mol. The Morgan fingerprint density at radius 1 is 1.04 bits per heavy atom. The number of hydrogen-bond acceptors (Lipinski definition) is 4. The molecule has 0 atom stereocenters. The van der Waals surface area contributed by atoms with Crippen molar-refractivity contribution in [1.82, 2.24) is 4.90 Å². The first-order valence-corrected chi connectivity index (χ1v) is 7.02. The van der Waals surface area contributed by atoms with E-state index < -0.39 is 29.2 Å². The molecule has 0 unspecified atom stereocenters. The predicted octanol–water partition coefficient (Wildman–Crippen LogP) is 2.54. The van der Waals surface area contributed by atoms with Crippen molar-refractivity contribution in [3.05, 3.63) is 71.4 Å². The standard InChI is InChI=1S/C17H12F2N2O3/c18-12-6-11(7-13(19)16(12)23)20-14-8-15(22)21(17(14)24)9-10-4-2-1-3-5-10/h1-8,20,23H,9H2. The minimum Gasteiger partial charge on any atom is -0.503 e. The van der Waals surface area contributed by atoms with E-state index in [0.29, 0.717) is 0 Å². The number of phenols is 1. The molecule has 1 aliphatic heterocycles. The van der Waals surface area contributed by atoms with E-state index in [-0.39, 0.29) is 17.9 Å². The summed E-state index contributed by atoms with van der Waals surface area (Å²) in [6.07, 6.45) is 1.06. The molecule has 122 valence electrons. The van der Waals surface area contributed by atoms with Gasteiger partial charge in [0.25, 0.3) is 11.8 Å². The molecule has 0 aliphatic carbocycles. The Morgan fingerprint density at radius 3 is 2.29 bits per heavy atom. The highest BCUT2D eigenvalue weighted by Gasteiger charge is 2.31. The Hall–Kier alpha value is -3.22. The van der Waals surface area contributed by atoms with Crippen LogP contribution in [-0.4, -0.2) is 21.8 Å². The third-order valence-corrected chi connectivity index (χ3v) is 3.49. The van der Waals surface area contributed by atoms with Crippen molar-refractivity contribution in [3.8, 4) is 5.75 Å². The van der Waals surface area contributed by atoms with Gasteiger partial charge < -0.3 is 10.4 Å². The number of aromatic hydroxyl groups is 1. The van der Waals surface area contributed by atoms with Gasteiger partial charge in [-0.3, -0.25) is 14.5 Å². The lowest BCUT2D eigenvalue weighted by Crippen LogP contribution is -2.31. The molecule has 2 aromatic rings. The fraction of sp³-hybridized carbons (Fsp3) is 0.0588. The summed E-state index contributed by atoms with van der Waals surface area (Å²) in [7, 11) is 0. The van der Waals surface area contributed by atoms with Crippen molar-refractivity contribution in [2.45, 2.75) is 6.54 Å². The first-order chi connectivity index (χ1) is 11.5. The van der Waals surface area contributed by atoms with Crippen LogP contribution in [0.25, 0.3) is 0 Å². The van der Waals surface area contributed by atoms with Crippen molar-refractivity contribution in [2.75, 3.05) is 5.32 Å². The van der Waals surface area contributed by atoms with Crippen LogP contribution in [0.3, 0.4) is 0 Å². The molecule has 7 heteroatoms. The molecule has 3 rings (SSSR count). The predicted molar refractivity (Wildman–Crippen MR) is 81.7 cm³/mol. The van der Waals surface area contributed by atoms with Gasteiger partial charge in [0.2, 0.25) is 0 Å². The van der Waals surface area contributed by atoms with Crippen LogP contribution < -0.4 is 5.32 Å². The molecule has 0 spiro atoms. The third kappa shape index (κ3) is 2.96. The van der Waals surface area contributed by atoms with Gasteiger partial charge in [-0.25, -0.2) is 8.78 Å². The number of benzene rings is 2. The summed E-state index contributed by atoms with van der Waals surface area (Å²) in [6.45, 7) is 0.0957. The van der Waals surface area contributed by atoms with Crippen molar-refractivity contribution in [1.29, 1.82) is 0 Å². The second-order valence-electron chi connectivity index (χ2n) is 5.19. The lowest BCUT2D eigenvalue weighted by molar-refractivity contribution is -0.137. The fourth-order valence-electron chi connectivity index (χ4n) is 2.31. The summed E-state index contributed by atoms with van der Waals surface area (Å²) in [5.74, 6) is -4.56. The largest absolute Gasteiger partial charge is 0.503 e. The van der Waals surface area contributed by atoms with Crippen LogP contribution in [0.5, 0.6) is 5.75 Å². The highest BCUT2D eigenvalue weighted by atomic mass is 19.1. The highest BCUT2D eigenvalue weighted by molar-refractivity contribution is 6.17. The summed E-state index contributed by atoms with van der Waals surface area (Å²) in [5.41, 5.74) is 0.591. The Morgan fingerprint density at radius 2 is 1.67 bits per heavy atom. The van der Waals surface area contributed by atoms with E-state index >= 15 is 0 Å². The fourth-order valence-corrected chi connectivity index (χ4v) is 2.31. The van der Waals surface area contributed by atoms with E-state index in [1.54, 1.807) is 24.3 Å². The Kier molecular flexibility index (Phi) is 3.99. The van der Waals surface area contributed by atoms with Crippen LogP contribution in [0.1, 0.15) is 5.56 Å². The number of carbonyl (C=O) groups is 2. The molecule has 2 amide bonds. The van der Waals surface area contributed by atoms with Crippen molar-refractivity contribution in [2.24, 2.45) is 0 Å². The number of anilines is 1. The normalized spacial score (nSPS) is 14.1. The lowest BCUT2D eigenvalue weighted by Gasteiger charge is -2.15. The van der Waals surface area contributed by atoms with Crippen molar-refractivity contribution in [3.63, 3.8) is 0 Å². The maximum absolute atomic E-state index is 13.3. The van der Waals surface area contributed by atoms with Crippen LogP contribution in [0.4, 0.5) is 14.5 Å². The molecular weight excluding hydrogens is 318 g/mol. The van der Waals surface area contributed by atoms with Gasteiger partial charge in [-0.05, 0) is 5.56 Å². The maximum atomic E-state index is 13.3. The smallest absolute Gasteiger partial charge is 0.277 e. The zero-order valence-corrected chi connectivity index (χ0v) is 12.3. The van der Waals surface area contributed by atoms with Crippen molar-refractivity contribution >= 4 is 17.5 Å². The Labute approximate surface area is 135 Å². The Balaban J connectivity index is 1.77. The second-order valence-corrected chi connectivity index (χ2v) is 5.19. The summed E-state index contributed by atoms with van der Waals surface area (Å²) < 4.78 is 26.7. The highest BCUT2D eigenvalue weighted by Crippen LogP contribution is 2.26. The quantitative estimate of drug-likeness (QED) is 0.668. The van der Waals surface area contributed by atoms with Crippen LogP contribution in [0.15, 0.2) is 54.2 Å². The van der Waals surface area contributed by atoms with E-state index in [1.165, 1.54) is 0 Å².